The number of alkyl halides is 3. The summed E-state index contributed by atoms with van der Waals surface area (Å²) in [5, 5.41) is 10.6. The van der Waals surface area contributed by atoms with E-state index in [4.69, 9.17) is 40.7 Å². The van der Waals surface area contributed by atoms with E-state index < -0.39 is 12.1 Å². The molecule has 1 saturated heterocycles. The average Bonchev–Trinajstić information content (AvgIpc) is 3.32. The number of benzene rings is 2. The van der Waals surface area contributed by atoms with Crippen LogP contribution in [0.15, 0.2) is 30.3 Å². The minimum atomic E-state index is -5.08. The number of carbonyl (C=O) groups is 2. The third-order valence-corrected chi connectivity index (χ3v) is 6.66. The monoisotopic (exact) mass is 570 g/mol. The number of piperidine rings is 1. The molecule has 0 aliphatic carbocycles. The molecule has 3 heterocycles. The number of carbonyl (C=O) groups excluding carboxylic acids is 1. The number of hydrogen-bond donors (Lipinski definition) is 3. The van der Waals surface area contributed by atoms with Crippen molar-refractivity contribution in [3.63, 3.8) is 0 Å². The Bertz CT molecular complexity index is 1370. The van der Waals surface area contributed by atoms with Gasteiger partial charge in [0.15, 0.2) is 11.5 Å². The number of halogens is 4. The van der Waals surface area contributed by atoms with Crippen molar-refractivity contribution in [2.75, 3.05) is 33.9 Å². The number of aromatic nitrogens is 2. The maximum atomic E-state index is 13.0. The van der Waals surface area contributed by atoms with Gasteiger partial charge in [0, 0.05) is 24.7 Å². The summed E-state index contributed by atoms with van der Waals surface area (Å²) in [6.45, 7) is 1.76. The first-order valence-corrected chi connectivity index (χ1v) is 12.3. The number of carboxylic acids is 1. The first-order valence-electron chi connectivity index (χ1n) is 11.9. The summed E-state index contributed by atoms with van der Waals surface area (Å²) in [6.07, 6.45) is -3.50. The Balaban J connectivity index is 0.000000448. The summed E-state index contributed by atoms with van der Waals surface area (Å²) < 4.78 is 48.2. The maximum Gasteiger partial charge on any atom is 0.490 e. The number of aromatic amines is 1. The summed E-state index contributed by atoms with van der Waals surface area (Å²) in [6, 6.07) is 9.15. The van der Waals surface area contributed by atoms with Crippen molar-refractivity contribution in [1.82, 2.24) is 20.2 Å². The van der Waals surface area contributed by atoms with Crippen LogP contribution in [0.5, 0.6) is 17.2 Å². The van der Waals surface area contributed by atoms with Crippen LogP contribution < -0.4 is 19.5 Å². The maximum absolute atomic E-state index is 13.0. The molecule has 2 aromatic carbocycles. The number of imidazole rings is 1. The van der Waals surface area contributed by atoms with Crippen LogP contribution in [0.2, 0.25) is 5.02 Å². The second-order valence-electron chi connectivity index (χ2n) is 8.97. The minimum Gasteiger partial charge on any atom is -0.497 e. The fraction of sp³-hybridized carbons (Fsp3) is 0.400. The van der Waals surface area contributed by atoms with Crippen LogP contribution in [0, 0.1) is 0 Å². The van der Waals surface area contributed by atoms with Gasteiger partial charge in [0.25, 0.3) is 5.91 Å². The lowest BCUT2D eigenvalue weighted by Crippen LogP contribution is -2.45. The van der Waals surface area contributed by atoms with Crippen molar-refractivity contribution in [2.24, 2.45) is 0 Å². The molecule has 0 unspecified atom stereocenters. The number of aliphatic carboxylic acids is 1. The van der Waals surface area contributed by atoms with E-state index in [0.29, 0.717) is 35.3 Å². The van der Waals surface area contributed by atoms with Crippen LogP contribution in [0.3, 0.4) is 0 Å². The Hall–Kier alpha value is -3.71. The van der Waals surface area contributed by atoms with Gasteiger partial charge in [-0.1, -0.05) is 11.6 Å². The van der Waals surface area contributed by atoms with Crippen molar-refractivity contribution in [2.45, 2.75) is 31.1 Å². The van der Waals surface area contributed by atoms with Crippen molar-refractivity contribution in [3.8, 4) is 17.2 Å². The van der Waals surface area contributed by atoms with Gasteiger partial charge in [-0.2, -0.15) is 13.2 Å². The van der Waals surface area contributed by atoms with Crippen LogP contribution in [-0.4, -0.2) is 78.0 Å². The summed E-state index contributed by atoms with van der Waals surface area (Å²) >= 11 is 6.36. The van der Waals surface area contributed by atoms with Gasteiger partial charge in [-0.25, -0.2) is 9.78 Å². The highest BCUT2D eigenvalue weighted by Gasteiger charge is 2.38. The van der Waals surface area contributed by atoms with E-state index in [1.165, 1.54) is 0 Å². The molecule has 1 aromatic heterocycles. The molecule has 2 aliphatic rings. The lowest BCUT2D eigenvalue weighted by Gasteiger charge is -2.36. The second-order valence-corrected chi connectivity index (χ2v) is 9.38. The molecule has 0 spiro atoms. The Labute approximate surface area is 226 Å². The van der Waals surface area contributed by atoms with Gasteiger partial charge in [-0.05, 0) is 38.1 Å². The Morgan fingerprint density at radius 3 is 2.51 bits per heavy atom. The van der Waals surface area contributed by atoms with E-state index in [-0.39, 0.29) is 18.0 Å². The molecule has 14 heteroatoms. The van der Waals surface area contributed by atoms with E-state index in [2.05, 4.69) is 22.2 Å². The molecule has 1 fully saturated rings. The van der Waals surface area contributed by atoms with Crippen molar-refractivity contribution < 1.29 is 42.1 Å². The second kappa shape index (κ2) is 11.6. The number of nitrogens with zero attached hydrogens (tertiary/aromatic N) is 2. The van der Waals surface area contributed by atoms with E-state index >= 15 is 0 Å². The highest BCUT2D eigenvalue weighted by Crippen LogP contribution is 2.36. The summed E-state index contributed by atoms with van der Waals surface area (Å²) in [5.74, 6) is -0.202. The predicted molar refractivity (Wildman–Crippen MR) is 135 cm³/mol. The van der Waals surface area contributed by atoms with Gasteiger partial charge in [-0.15, -0.1) is 0 Å². The molecule has 0 radical (unpaired) electrons. The van der Waals surface area contributed by atoms with Crippen LogP contribution in [0.25, 0.3) is 11.0 Å². The average molecular weight is 571 g/mol. The van der Waals surface area contributed by atoms with Gasteiger partial charge < -0.3 is 29.6 Å². The van der Waals surface area contributed by atoms with Crippen LogP contribution in [-0.2, 0) is 4.79 Å². The number of ether oxygens (including phenoxy) is 3. The zero-order valence-corrected chi connectivity index (χ0v) is 21.7. The Kier molecular flexibility index (Phi) is 8.40. The molecule has 2 aliphatic heterocycles. The molecule has 0 bridgehead atoms. The van der Waals surface area contributed by atoms with Gasteiger partial charge in [0.2, 0.25) is 0 Å². The molecule has 3 aromatic rings. The van der Waals surface area contributed by atoms with Crippen LogP contribution >= 0.6 is 11.6 Å². The zero-order chi connectivity index (χ0) is 28.3. The standard InChI is InChI=1S/C23H25ClN4O4.C2HF3O2/c1-28-6-5-13(9-19(28)22-26-17-4-3-14(30-2)10-18(17)27-22)25-23(29)15-11-20-21(12-16(15)24)32-8-7-31-20;3-2(4,5)1(6)7/h3-4,10-13,19H,5-9H2,1-2H3,(H,25,29)(H,26,27);(H,6,7)/t13-,19-;/m1./s1. The number of nitrogens with one attached hydrogen (secondary N) is 2. The fourth-order valence-electron chi connectivity index (χ4n) is 4.33. The van der Waals surface area contributed by atoms with Crippen LogP contribution in [0.4, 0.5) is 13.2 Å². The number of rotatable bonds is 4. The smallest absolute Gasteiger partial charge is 0.490 e. The highest BCUT2D eigenvalue weighted by molar-refractivity contribution is 6.34. The molecular formula is C25H26ClF3N4O6. The summed E-state index contributed by atoms with van der Waals surface area (Å²) in [4.78, 5) is 32.4. The number of likely N-dealkylation sites (tertiary alicyclic amines) is 1. The number of amides is 1. The van der Waals surface area contributed by atoms with Crippen molar-refractivity contribution >= 4 is 34.5 Å². The van der Waals surface area contributed by atoms with Crippen LogP contribution in [0.1, 0.15) is 35.1 Å². The Morgan fingerprint density at radius 2 is 1.87 bits per heavy atom. The molecule has 210 valence electrons. The predicted octanol–water partition coefficient (Wildman–Crippen LogP) is 4.19. The largest absolute Gasteiger partial charge is 0.497 e. The highest BCUT2D eigenvalue weighted by atomic mass is 35.5. The first kappa shape index (κ1) is 28.3. The van der Waals surface area contributed by atoms with Crippen molar-refractivity contribution in [3.05, 3.63) is 46.7 Å². The normalized spacial score (nSPS) is 19.1. The SMILES string of the molecule is COc1ccc2[nH]c([C@H]3C[C@H](NC(=O)c4cc5c(cc4Cl)OCCO5)CCN3C)nc2c1.O=C(O)C(F)(F)F. The third kappa shape index (κ3) is 6.66. The third-order valence-electron chi connectivity index (χ3n) is 6.35. The fourth-order valence-corrected chi connectivity index (χ4v) is 4.56. The number of hydrogen-bond acceptors (Lipinski definition) is 7. The van der Waals surface area contributed by atoms with Gasteiger partial charge in [0.05, 0.1) is 34.8 Å². The number of fused-ring (bicyclic) bond motifs is 2. The van der Waals surface area contributed by atoms with Gasteiger partial charge >= 0.3 is 12.1 Å². The number of H-pyrrole nitrogens is 1. The topological polar surface area (TPSA) is 126 Å². The van der Waals surface area contributed by atoms with Gasteiger partial charge in [-0.3, -0.25) is 9.69 Å². The summed E-state index contributed by atoms with van der Waals surface area (Å²) in [5.41, 5.74) is 2.22. The van der Waals surface area contributed by atoms with E-state index in [1.807, 2.05) is 18.2 Å². The summed E-state index contributed by atoms with van der Waals surface area (Å²) in [7, 11) is 3.72. The quantitative estimate of drug-likeness (QED) is 0.426. The van der Waals surface area contributed by atoms with E-state index in [1.54, 1.807) is 19.2 Å². The number of carboxylic acid groups (broad SMARTS) is 1. The molecule has 1 amide bonds. The number of methoxy groups -OCH3 is 1. The lowest BCUT2D eigenvalue weighted by molar-refractivity contribution is -0.192. The van der Waals surface area contributed by atoms with Crippen molar-refractivity contribution in [1.29, 1.82) is 0 Å². The molecule has 10 nitrogen and oxygen atoms in total. The van der Waals surface area contributed by atoms with E-state index in [9.17, 15) is 18.0 Å². The zero-order valence-electron chi connectivity index (χ0n) is 21.0. The Morgan fingerprint density at radius 1 is 1.21 bits per heavy atom. The molecular weight excluding hydrogens is 545 g/mol. The molecule has 0 saturated carbocycles. The molecule has 3 N–H and O–H groups in total. The minimum absolute atomic E-state index is 0.00397. The first-order chi connectivity index (χ1) is 18.5. The lowest BCUT2D eigenvalue weighted by atomic mass is 9.96. The molecule has 5 rings (SSSR count). The van der Waals surface area contributed by atoms with E-state index in [0.717, 1.165) is 42.0 Å². The molecule has 39 heavy (non-hydrogen) atoms. The molecule has 2 atom stereocenters. The van der Waals surface area contributed by atoms with Gasteiger partial charge in [0.1, 0.15) is 24.8 Å².